The van der Waals surface area contributed by atoms with Crippen LogP contribution in [-0.2, 0) is 4.79 Å². The van der Waals surface area contributed by atoms with E-state index in [0.29, 0.717) is 12.5 Å². The highest BCUT2D eigenvalue weighted by atomic mass is 35.5. The number of benzene rings is 1. The van der Waals surface area contributed by atoms with Gasteiger partial charge in [0.15, 0.2) is 0 Å². The fraction of sp³-hybridized carbons (Fsp3) is 0.533. The van der Waals surface area contributed by atoms with E-state index in [1.54, 1.807) is 7.05 Å². The summed E-state index contributed by atoms with van der Waals surface area (Å²) in [5.41, 5.74) is 1.15. The van der Waals surface area contributed by atoms with Crippen LogP contribution in [0.15, 0.2) is 24.3 Å². The van der Waals surface area contributed by atoms with Gasteiger partial charge in [0.05, 0.1) is 12.6 Å². The average molecular weight is 317 g/mol. The van der Waals surface area contributed by atoms with Gasteiger partial charge in [-0.05, 0) is 43.5 Å². The van der Waals surface area contributed by atoms with E-state index in [1.165, 1.54) is 25.7 Å². The molecule has 0 radical (unpaired) electrons. The lowest BCUT2D eigenvalue weighted by atomic mass is 9.91. The smallest absolute Gasteiger partial charge is 0.234 e. The van der Waals surface area contributed by atoms with E-state index in [-0.39, 0.29) is 24.4 Å². The molecule has 0 spiro atoms. The molecule has 1 aliphatic rings. The maximum absolute atomic E-state index is 11.9. The van der Waals surface area contributed by atoms with Gasteiger partial charge in [-0.3, -0.25) is 4.79 Å². The number of hydrogen-bond acceptors (Lipinski definition) is 2. The summed E-state index contributed by atoms with van der Waals surface area (Å²) in [5.74, 6) is 0.594. The molecular weight excluding hydrogens is 295 g/mol. The Balaban J connectivity index is 0.00000200. The topological polar surface area (TPSA) is 41.1 Å². The van der Waals surface area contributed by atoms with Gasteiger partial charge in [-0.25, -0.2) is 0 Å². The standard InChI is InChI=1S/C15H21ClN2O.ClH/c1-17-10-14(19)18-15(11-4-2-3-5-11)12-6-8-13(16)9-7-12;/h6-9,11,15,17H,2-5,10H2,1H3,(H,18,19);1H. The zero-order valence-electron chi connectivity index (χ0n) is 11.7. The van der Waals surface area contributed by atoms with Crippen molar-refractivity contribution < 1.29 is 4.79 Å². The largest absolute Gasteiger partial charge is 0.348 e. The number of likely N-dealkylation sites (N-methyl/N-ethyl adjacent to an activating group) is 1. The predicted octanol–water partition coefficient (Wildman–Crippen LogP) is 3.33. The van der Waals surface area contributed by atoms with Crippen molar-refractivity contribution in [2.75, 3.05) is 13.6 Å². The van der Waals surface area contributed by atoms with Crippen molar-refractivity contribution in [3.63, 3.8) is 0 Å². The van der Waals surface area contributed by atoms with E-state index in [0.717, 1.165) is 10.6 Å². The first-order chi connectivity index (χ1) is 9.20. The van der Waals surface area contributed by atoms with Crippen LogP contribution in [0, 0.1) is 5.92 Å². The quantitative estimate of drug-likeness (QED) is 0.874. The van der Waals surface area contributed by atoms with Gasteiger partial charge < -0.3 is 10.6 Å². The van der Waals surface area contributed by atoms with Gasteiger partial charge in [0.1, 0.15) is 0 Å². The first kappa shape index (κ1) is 17.3. The summed E-state index contributed by atoms with van der Waals surface area (Å²) >= 11 is 5.93. The minimum Gasteiger partial charge on any atom is -0.348 e. The third-order valence-corrected chi connectivity index (χ3v) is 4.01. The maximum atomic E-state index is 11.9. The summed E-state index contributed by atoms with van der Waals surface area (Å²) in [6.07, 6.45) is 4.90. The molecule has 5 heteroatoms. The van der Waals surface area contributed by atoms with Gasteiger partial charge in [-0.1, -0.05) is 36.6 Å². The number of rotatable bonds is 5. The van der Waals surface area contributed by atoms with Crippen molar-refractivity contribution in [3.8, 4) is 0 Å². The molecule has 1 aromatic carbocycles. The van der Waals surface area contributed by atoms with E-state index in [2.05, 4.69) is 10.6 Å². The molecule has 1 atom stereocenters. The minimum atomic E-state index is 0. The Kier molecular flexibility index (Phi) is 7.35. The molecule has 1 unspecified atom stereocenters. The fourth-order valence-electron chi connectivity index (χ4n) is 2.82. The molecular formula is C15H22Cl2N2O. The highest BCUT2D eigenvalue weighted by Gasteiger charge is 2.27. The molecule has 0 aromatic heterocycles. The number of carbonyl (C=O) groups is 1. The highest BCUT2D eigenvalue weighted by Crippen LogP contribution is 2.35. The number of hydrogen-bond donors (Lipinski definition) is 2. The van der Waals surface area contributed by atoms with Crippen LogP contribution in [0.2, 0.25) is 5.02 Å². The van der Waals surface area contributed by atoms with Crippen molar-refractivity contribution in [1.29, 1.82) is 0 Å². The van der Waals surface area contributed by atoms with Crippen molar-refractivity contribution >= 4 is 29.9 Å². The monoisotopic (exact) mass is 316 g/mol. The van der Waals surface area contributed by atoms with Crippen LogP contribution >= 0.6 is 24.0 Å². The molecule has 0 aliphatic heterocycles. The van der Waals surface area contributed by atoms with E-state index < -0.39 is 0 Å². The third kappa shape index (κ3) is 4.65. The average Bonchev–Trinajstić information content (AvgIpc) is 2.91. The van der Waals surface area contributed by atoms with Crippen LogP contribution in [0.4, 0.5) is 0 Å². The van der Waals surface area contributed by atoms with Crippen LogP contribution in [0.1, 0.15) is 37.3 Å². The summed E-state index contributed by atoms with van der Waals surface area (Å²) < 4.78 is 0. The van der Waals surface area contributed by atoms with Crippen molar-refractivity contribution in [2.45, 2.75) is 31.7 Å². The summed E-state index contributed by atoms with van der Waals surface area (Å²) in [5, 5.41) is 6.77. The first-order valence-electron chi connectivity index (χ1n) is 6.90. The molecule has 0 heterocycles. The zero-order valence-corrected chi connectivity index (χ0v) is 13.3. The number of amides is 1. The number of nitrogens with one attached hydrogen (secondary N) is 2. The zero-order chi connectivity index (χ0) is 13.7. The van der Waals surface area contributed by atoms with Gasteiger partial charge in [-0.15, -0.1) is 12.4 Å². The van der Waals surface area contributed by atoms with E-state index in [1.807, 2.05) is 24.3 Å². The third-order valence-electron chi connectivity index (χ3n) is 3.75. The second-order valence-electron chi connectivity index (χ2n) is 5.17. The summed E-state index contributed by atoms with van der Waals surface area (Å²) in [6, 6.07) is 7.93. The van der Waals surface area contributed by atoms with Crippen molar-refractivity contribution in [1.82, 2.24) is 10.6 Å². The molecule has 2 rings (SSSR count). The Labute approximate surface area is 131 Å². The summed E-state index contributed by atoms with van der Waals surface area (Å²) in [6.45, 7) is 0.358. The Morgan fingerprint density at radius 1 is 1.30 bits per heavy atom. The molecule has 2 N–H and O–H groups in total. The molecule has 1 aliphatic carbocycles. The second kappa shape index (κ2) is 8.50. The van der Waals surface area contributed by atoms with Crippen LogP contribution in [0.25, 0.3) is 0 Å². The normalized spacial score (nSPS) is 16.5. The molecule has 1 amide bonds. The fourth-order valence-corrected chi connectivity index (χ4v) is 2.95. The molecule has 1 saturated carbocycles. The molecule has 3 nitrogen and oxygen atoms in total. The van der Waals surface area contributed by atoms with Gasteiger partial charge >= 0.3 is 0 Å². The molecule has 1 fully saturated rings. The second-order valence-corrected chi connectivity index (χ2v) is 5.61. The minimum absolute atomic E-state index is 0. The summed E-state index contributed by atoms with van der Waals surface area (Å²) in [4.78, 5) is 11.9. The lowest BCUT2D eigenvalue weighted by Crippen LogP contribution is -2.37. The molecule has 0 bridgehead atoms. The summed E-state index contributed by atoms with van der Waals surface area (Å²) in [7, 11) is 1.78. The van der Waals surface area contributed by atoms with Gasteiger partial charge in [0, 0.05) is 5.02 Å². The molecule has 0 saturated heterocycles. The Bertz CT molecular complexity index is 416. The van der Waals surface area contributed by atoms with Crippen LogP contribution < -0.4 is 10.6 Å². The molecule has 20 heavy (non-hydrogen) atoms. The van der Waals surface area contributed by atoms with Crippen LogP contribution in [0.5, 0.6) is 0 Å². The van der Waals surface area contributed by atoms with E-state index >= 15 is 0 Å². The van der Waals surface area contributed by atoms with Gasteiger partial charge in [0.2, 0.25) is 5.91 Å². The van der Waals surface area contributed by atoms with Gasteiger partial charge in [0.25, 0.3) is 0 Å². The van der Waals surface area contributed by atoms with Crippen LogP contribution in [0.3, 0.4) is 0 Å². The van der Waals surface area contributed by atoms with Crippen LogP contribution in [-0.4, -0.2) is 19.5 Å². The maximum Gasteiger partial charge on any atom is 0.234 e. The van der Waals surface area contributed by atoms with Crippen molar-refractivity contribution in [3.05, 3.63) is 34.9 Å². The SMILES string of the molecule is CNCC(=O)NC(c1ccc(Cl)cc1)C1CCCC1.Cl. The van der Waals surface area contributed by atoms with Crippen molar-refractivity contribution in [2.24, 2.45) is 5.92 Å². The Morgan fingerprint density at radius 3 is 2.45 bits per heavy atom. The number of halogens is 2. The van der Waals surface area contributed by atoms with E-state index in [4.69, 9.17) is 11.6 Å². The predicted molar refractivity (Wildman–Crippen MR) is 85.5 cm³/mol. The first-order valence-corrected chi connectivity index (χ1v) is 7.28. The lowest BCUT2D eigenvalue weighted by Gasteiger charge is -2.25. The number of carbonyl (C=O) groups excluding carboxylic acids is 1. The lowest BCUT2D eigenvalue weighted by molar-refractivity contribution is -0.121. The Hall–Kier alpha value is -0.770. The Morgan fingerprint density at radius 2 is 1.90 bits per heavy atom. The van der Waals surface area contributed by atoms with E-state index in [9.17, 15) is 4.79 Å². The molecule has 1 aromatic rings. The van der Waals surface area contributed by atoms with Gasteiger partial charge in [-0.2, -0.15) is 0 Å². The molecule has 112 valence electrons. The highest BCUT2D eigenvalue weighted by molar-refractivity contribution is 6.30.